The van der Waals surface area contributed by atoms with E-state index in [0.717, 1.165) is 28.3 Å². The van der Waals surface area contributed by atoms with Gasteiger partial charge in [-0.3, -0.25) is 5.01 Å². The van der Waals surface area contributed by atoms with Crippen LogP contribution in [0.5, 0.6) is 17.2 Å². The number of hydrazone groups is 1. The summed E-state index contributed by atoms with van der Waals surface area (Å²) in [6.45, 7) is 0. The average molecular weight is 468 g/mol. The molecule has 0 amide bonds. The third kappa shape index (κ3) is 4.64. The molecule has 1 unspecified atom stereocenters. The van der Waals surface area contributed by atoms with Gasteiger partial charge in [0.25, 0.3) is 0 Å². The second-order valence-electron chi connectivity index (χ2n) is 7.49. The van der Waals surface area contributed by atoms with E-state index in [-0.39, 0.29) is 10.9 Å². The van der Waals surface area contributed by atoms with Gasteiger partial charge < -0.3 is 14.2 Å². The molecule has 0 spiro atoms. The molecule has 0 bridgehead atoms. The van der Waals surface area contributed by atoms with Gasteiger partial charge in [0.05, 0.1) is 43.7 Å². The van der Waals surface area contributed by atoms with Crippen LogP contribution in [0, 0.1) is 0 Å². The number of nitrogens with two attached hydrogens (primary N) is 1. The summed E-state index contributed by atoms with van der Waals surface area (Å²) in [4.78, 5) is 0.0448. The van der Waals surface area contributed by atoms with Gasteiger partial charge in [-0.1, -0.05) is 0 Å². The van der Waals surface area contributed by atoms with Crippen LogP contribution in [0.15, 0.2) is 76.7 Å². The monoisotopic (exact) mass is 467 g/mol. The molecule has 33 heavy (non-hydrogen) atoms. The van der Waals surface area contributed by atoms with Crippen LogP contribution in [-0.4, -0.2) is 35.5 Å². The van der Waals surface area contributed by atoms with Crippen LogP contribution < -0.4 is 24.4 Å². The Kier molecular flexibility index (Phi) is 6.26. The second-order valence-corrected chi connectivity index (χ2v) is 9.05. The minimum absolute atomic E-state index is 0.0448. The number of hydrogen-bond acceptors (Lipinski definition) is 7. The number of primary sulfonamides is 1. The number of rotatable bonds is 7. The fourth-order valence-electron chi connectivity index (χ4n) is 3.83. The topological polar surface area (TPSA) is 103 Å². The number of sulfonamides is 1. The molecule has 1 aliphatic heterocycles. The van der Waals surface area contributed by atoms with Crippen LogP contribution in [0.3, 0.4) is 0 Å². The summed E-state index contributed by atoms with van der Waals surface area (Å²) in [5, 5.41) is 12.0. The lowest BCUT2D eigenvalue weighted by Crippen LogP contribution is -2.19. The van der Waals surface area contributed by atoms with Crippen LogP contribution >= 0.6 is 0 Å². The summed E-state index contributed by atoms with van der Waals surface area (Å²) < 4.78 is 39.6. The van der Waals surface area contributed by atoms with Gasteiger partial charge >= 0.3 is 0 Å². The molecule has 0 aliphatic carbocycles. The quantitative estimate of drug-likeness (QED) is 0.568. The largest absolute Gasteiger partial charge is 0.497 e. The zero-order valence-corrected chi connectivity index (χ0v) is 19.4. The Morgan fingerprint density at radius 2 is 1.52 bits per heavy atom. The van der Waals surface area contributed by atoms with Gasteiger partial charge in [0.1, 0.15) is 17.2 Å². The third-order valence-electron chi connectivity index (χ3n) is 5.56. The fraction of sp³-hybridized carbons (Fsp3) is 0.208. The van der Waals surface area contributed by atoms with Crippen LogP contribution in [-0.2, 0) is 10.0 Å². The van der Waals surface area contributed by atoms with E-state index >= 15 is 0 Å². The first-order valence-corrected chi connectivity index (χ1v) is 11.7. The van der Waals surface area contributed by atoms with Gasteiger partial charge in [-0.25, -0.2) is 13.6 Å². The van der Waals surface area contributed by atoms with Crippen molar-refractivity contribution in [2.75, 3.05) is 26.3 Å². The highest BCUT2D eigenvalue weighted by Crippen LogP contribution is 2.41. The first-order valence-electron chi connectivity index (χ1n) is 10.2. The van der Waals surface area contributed by atoms with Gasteiger partial charge in [0.15, 0.2) is 0 Å². The summed E-state index contributed by atoms with van der Waals surface area (Å²) in [5.41, 5.74) is 3.52. The maximum Gasteiger partial charge on any atom is 0.238 e. The highest BCUT2D eigenvalue weighted by atomic mass is 32.2. The van der Waals surface area contributed by atoms with Gasteiger partial charge in [-0.15, -0.1) is 0 Å². The van der Waals surface area contributed by atoms with E-state index in [9.17, 15) is 8.42 Å². The van der Waals surface area contributed by atoms with Crippen molar-refractivity contribution in [2.45, 2.75) is 17.4 Å². The number of benzene rings is 3. The first-order chi connectivity index (χ1) is 15.8. The molecule has 0 saturated carbocycles. The molecular weight excluding hydrogens is 442 g/mol. The molecule has 0 fully saturated rings. The van der Waals surface area contributed by atoms with Crippen molar-refractivity contribution in [3.8, 4) is 17.2 Å². The minimum atomic E-state index is -3.79. The summed E-state index contributed by atoms with van der Waals surface area (Å²) in [7, 11) is 1.06. The molecule has 8 nitrogen and oxygen atoms in total. The lowest BCUT2D eigenvalue weighted by atomic mass is 9.97. The molecule has 1 heterocycles. The molecule has 1 aliphatic rings. The maximum atomic E-state index is 11.7. The summed E-state index contributed by atoms with van der Waals surface area (Å²) in [5.74, 6) is 2.13. The fourth-order valence-corrected chi connectivity index (χ4v) is 4.35. The predicted molar refractivity (Wildman–Crippen MR) is 127 cm³/mol. The van der Waals surface area contributed by atoms with Crippen molar-refractivity contribution in [3.05, 3.63) is 77.9 Å². The van der Waals surface area contributed by atoms with Crippen molar-refractivity contribution in [1.29, 1.82) is 0 Å². The molecule has 0 radical (unpaired) electrons. The zero-order chi connectivity index (χ0) is 23.6. The normalized spacial score (nSPS) is 15.8. The van der Waals surface area contributed by atoms with Crippen LogP contribution in [0.2, 0.25) is 0 Å². The number of methoxy groups -OCH3 is 3. The minimum Gasteiger partial charge on any atom is -0.497 e. The van der Waals surface area contributed by atoms with E-state index < -0.39 is 10.0 Å². The summed E-state index contributed by atoms with van der Waals surface area (Å²) >= 11 is 0. The van der Waals surface area contributed by atoms with Crippen LogP contribution in [0.1, 0.15) is 23.6 Å². The Balaban J connectivity index is 1.77. The van der Waals surface area contributed by atoms with E-state index in [1.165, 1.54) is 12.1 Å². The first kappa shape index (κ1) is 22.6. The van der Waals surface area contributed by atoms with Gasteiger partial charge in [0.2, 0.25) is 10.0 Å². The Bertz CT molecular complexity index is 1270. The molecular formula is C24H25N3O5S. The molecule has 0 saturated heterocycles. The van der Waals surface area contributed by atoms with Crippen molar-refractivity contribution in [1.82, 2.24) is 0 Å². The highest BCUT2D eigenvalue weighted by molar-refractivity contribution is 7.89. The molecule has 0 aromatic heterocycles. The molecule has 1 atom stereocenters. The van der Waals surface area contributed by atoms with E-state index in [1.807, 2.05) is 47.5 Å². The number of ether oxygens (including phenoxy) is 3. The molecule has 172 valence electrons. The standard InChI is InChI=1S/C24H25N3O5S/c1-30-18-8-4-16(5-9-18)22-15-23(21-13-10-19(31-2)14-24(21)32-3)27(26-22)17-6-11-20(12-7-17)33(25,28)29/h4-14,23H,15H2,1-3H3,(H2,25,28,29). The lowest BCUT2D eigenvalue weighted by Gasteiger charge is -2.25. The number of nitrogens with zero attached hydrogens (tertiary/aromatic N) is 2. The van der Waals surface area contributed by atoms with Gasteiger partial charge in [-0.2, -0.15) is 5.10 Å². The van der Waals surface area contributed by atoms with E-state index in [4.69, 9.17) is 24.5 Å². The van der Waals surface area contributed by atoms with Crippen molar-refractivity contribution >= 4 is 21.4 Å². The van der Waals surface area contributed by atoms with Crippen LogP contribution in [0.25, 0.3) is 0 Å². The van der Waals surface area contributed by atoms with Gasteiger partial charge in [0, 0.05) is 18.1 Å². The van der Waals surface area contributed by atoms with Crippen LogP contribution in [0.4, 0.5) is 5.69 Å². The van der Waals surface area contributed by atoms with E-state index in [2.05, 4.69) is 0 Å². The Labute approximate surface area is 193 Å². The molecule has 9 heteroatoms. The highest BCUT2D eigenvalue weighted by Gasteiger charge is 2.32. The molecule has 2 N–H and O–H groups in total. The van der Waals surface area contributed by atoms with E-state index in [0.29, 0.717) is 17.9 Å². The number of anilines is 1. The summed E-state index contributed by atoms with van der Waals surface area (Å²) in [6.07, 6.45) is 0.617. The zero-order valence-electron chi connectivity index (χ0n) is 18.6. The lowest BCUT2D eigenvalue weighted by molar-refractivity contribution is 0.388. The SMILES string of the molecule is COc1ccc(C2=NN(c3ccc(S(N)(=O)=O)cc3)C(c3ccc(OC)cc3OC)C2)cc1. The van der Waals surface area contributed by atoms with Crippen molar-refractivity contribution in [2.24, 2.45) is 10.2 Å². The Morgan fingerprint density at radius 1 is 0.879 bits per heavy atom. The van der Waals surface area contributed by atoms with E-state index in [1.54, 1.807) is 33.5 Å². The Morgan fingerprint density at radius 3 is 2.09 bits per heavy atom. The van der Waals surface area contributed by atoms with Crippen molar-refractivity contribution in [3.63, 3.8) is 0 Å². The summed E-state index contributed by atoms with van der Waals surface area (Å²) in [6, 6.07) is 19.6. The second kappa shape index (κ2) is 9.13. The Hall–Kier alpha value is -3.56. The van der Waals surface area contributed by atoms with Gasteiger partial charge in [-0.05, 0) is 66.2 Å². The maximum absolute atomic E-state index is 11.7. The number of hydrogen-bond donors (Lipinski definition) is 1. The average Bonchev–Trinajstić information content (AvgIpc) is 3.28. The predicted octanol–water partition coefficient (Wildman–Crippen LogP) is 3.72. The molecule has 3 aromatic carbocycles. The molecule has 3 aromatic rings. The molecule has 4 rings (SSSR count). The van der Waals surface area contributed by atoms with Crippen molar-refractivity contribution < 1.29 is 22.6 Å². The smallest absolute Gasteiger partial charge is 0.238 e. The third-order valence-corrected chi connectivity index (χ3v) is 6.49.